The van der Waals surface area contributed by atoms with Gasteiger partial charge in [-0.05, 0) is 28.7 Å². The number of sulfone groups is 1. The van der Waals surface area contributed by atoms with Crippen molar-refractivity contribution in [2.75, 3.05) is 6.26 Å². The molecule has 1 heterocycles. The molecule has 0 aliphatic carbocycles. The molecule has 1 rings (SSSR count). The zero-order chi connectivity index (χ0) is 8.48. The SMILES string of the molecule is CS(=O)(=O)c1[c]ncc(I)c1. The Hall–Kier alpha value is -0.170. The summed E-state index contributed by atoms with van der Waals surface area (Å²) in [7, 11) is -3.15. The molecule has 3 nitrogen and oxygen atoms in total. The first kappa shape index (κ1) is 8.92. The lowest BCUT2D eigenvalue weighted by atomic mass is 10.5. The molecule has 0 saturated heterocycles. The van der Waals surface area contributed by atoms with Gasteiger partial charge in [-0.1, -0.05) is 0 Å². The monoisotopic (exact) mass is 282 g/mol. The highest BCUT2D eigenvalue weighted by Crippen LogP contribution is 2.09. The summed E-state index contributed by atoms with van der Waals surface area (Å²) < 4.78 is 22.6. The number of halogens is 1. The van der Waals surface area contributed by atoms with Crippen molar-refractivity contribution in [1.29, 1.82) is 0 Å². The molecule has 0 aliphatic heterocycles. The standard InChI is InChI=1S/C6H5INO2S/c1-11(9,10)6-2-5(7)3-8-4-6/h2-3H,1H3. The van der Waals surface area contributed by atoms with E-state index < -0.39 is 9.84 Å². The second kappa shape index (κ2) is 3.06. The number of aromatic nitrogens is 1. The van der Waals surface area contributed by atoms with Crippen LogP contribution in [0.4, 0.5) is 0 Å². The van der Waals surface area contributed by atoms with Gasteiger partial charge in [0.15, 0.2) is 9.84 Å². The Labute approximate surface area is 78.9 Å². The summed E-state index contributed by atoms with van der Waals surface area (Å²) in [6, 6.07) is 1.53. The largest absolute Gasteiger partial charge is 0.252 e. The third-order valence-electron chi connectivity index (χ3n) is 1.03. The normalized spacial score (nSPS) is 11.5. The average Bonchev–Trinajstić information content (AvgIpc) is 1.86. The molecule has 0 N–H and O–H groups in total. The first-order chi connectivity index (χ1) is 5.00. The minimum atomic E-state index is -3.15. The van der Waals surface area contributed by atoms with Crippen molar-refractivity contribution >= 4 is 32.4 Å². The summed E-state index contributed by atoms with van der Waals surface area (Å²) in [5.41, 5.74) is 0. The lowest BCUT2D eigenvalue weighted by Crippen LogP contribution is -1.98. The molecule has 11 heavy (non-hydrogen) atoms. The van der Waals surface area contributed by atoms with Crippen LogP contribution in [0, 0.1) is 9.77 Å². The van der Waals surface area contributed by atoms with Crippen molar-refractivity contribution in [3.05, 3.63) is 22.0 Å². The smallest absolute Gasteiger partial charge is 0.177 e. The van der Waals surface area contributed by atoms with Crippen LogP contribution in [0.15, 0.2) is 17.2 Å². The van der Waals surface area contributed by atoms with Crippen LogP contribution in [0.2, 0.25) is 0 Å². The van der Waals surface area contributed by atoms with Gasteiger partial charge in [-0.25, -0.2) is 8.42 Å². The summed E-state index contributed by atoms with van der Waals surface area (Å²) in [4.78, 5) is 3.78. The van der Waals surface area contributed by atoms with Crippen LogP contribution < -0.4 is 0 Å². The molecule has 0 amide bonds. The van der Waals surface area contributed by atoms with Gasteiger partial charge in [0.05, 0.1) is 4.90 Å². The third-order valence-corrected chi connectivity index (χ3v) is 2.63. The molecular formula is C6H5INO2S. The summed E-state index contributed by atoms with van der Waals surface area (Å²) >= 11 is 2.00. The van der Waals surface area contributed by atoms with Crippen LogP contribution >= 0.6 is 22.6 Å². The van der Waals surface area contributed by atoms with Gasteiger partial charge in [-0.2, -0.15) is 0 Å². The van der Waals surface area contributed by atoms with Gasteiger partial charge in [-0.3, -0.25) is 4.98 Å². The van der Waals surface area contributed by atoms with E-state index in [-0.39, 0.29) is 4.90 Å². The molecule has 0 aliphatic rings. The van der Waals surface area contributed by atoms with Crippen LogP contribution in [0.1, 0.15) is 0 Å². The van der Waals surface area contributed by atoms with Gasteiger partial charge in [0.2, 0.25) is 0 Å². The van der Waals surface area contributed by atoms with E-state index in [9.17, 15) is 8.42 Å². The van der Waals surface area contributed by atoms with Crippen molar-refractivity contribution in [2.45, 2.75) is 4.90 Å². The van der Waals surface area contributed by atoms with Gasteiger partial charge in [0.25, 0.3) is 0 Å². The van der Waals surface area contributed by atoms with E-state index in [0.29, 0.717) is 0 Å². The summed E-state index contributed by atoms with van der Waals surface area (Å²) in [5.74, 6) is 0. The molecule has 0 bridgehead atoms. The van der Waals surface area contributed by atoms with Crippen LogP contribution in [0.25, 0.3) is 0 Å². The third kappa shape index (κ3) is 2.41. The average molecular weight is 282 g/mol. The van der Waals surface area contributed by atoms with Crippen molar-refractivity contribution in [3.63, 3.8) is 0 Å². The maximum absolute atomic E-state index is 10.9. The minimum absolute atomic E-state index is 0.143. The topological polar surface area (TPSA) is 47.0 Å². The molecule has 1 aromatic heterocycles. The van der Waals surface area contributed by atoms with E-state index in [4.69, 9.17) is 0 Å². The molecule has 0 fully saturated rings. The van der Waals surface area contributed by atoms with Gasteiger partial charge in [0.1, 0.15) is 6.20 Å². The molecule has 0 saturated carbocycles. The fourth-order valence-corrected chi connectivity index (χ4v) is 1.76. The first-order valence-corrected chi connectivity index (χ1v) is 5.70. The van der Waals surface area contributed by atoms with Crippen molar-refractivity contribution in [2.24, 2.45) is 0 Å². The zero-order valence-corrected chi connectivity index (χ0v) is 8.68. The van der Waals surface area contributed by atoms with E-state index in [1.165, 1.54) is 6.07 Å². The highest BCUT2D eigenvalue weighted by atomic mass is 127. The number of pyridine rings is 1. The first-order valence-electron chi connectivity index (χ1n) is 2.73. The molecular weight excluding hydrogens is 277 g/mol. The van der Waals surface area contributed by atoms with Gasteiger partial charge < -0.3 is 0 Å². The van der Waals surface area contributed by atoms with E-state index >= 15 is 0 Å². The number of nitrogens with zero attached hydrogens (tertiary/aromatic N) is 1. The fraction of sp³-hybridized carbons (Fsp3) is 0.167. The highest BCUT2D eigenvalue weighted by molar-refractivity contribution is 14.1. The van der Waals surface area contributed by atoms with Gasteiger partial charge in [-0.15, -0.1) is 0 Å². The molecule has 59 valence electrons. The van der Waals surface area contributed by atoms with Crippen LogP contribution in [0.5, 0.6) is 0 Å². The van der Waals surface area contributed by atoms with Crippen molar-refractivity contribution in [3.8, 4) is 0 Å². The zero-order valence-electron chi connectivity index (χ0n) is 5.70. The van der Waals surface area contributed by atoms with E-state index in [2.05, 4.69) is 11.2 Å². The lowest BCUT2D eigenvalue weighted by Gasteiger charge is -1.95. The Morgan fingerprint density at radius 3 is 2.64 bits per heavy atom. The van der Waals surface area contributed by atoms with Crippen LogP contribution in [0.3, 0.4) is 0 Å². The molecule has 0 atom stereocenters. The van der Waals surface area contributed by atoms with Crippen LogP contribution in [-0.4, -0.2) is 19.7 Å². The predicted molar refractivity (Wildman–Crippen MR) is 48.9 cm³/mol. The van der Waals surface area contributed by atoms with Crippen LogP contribution in [-0.2, 0) is 9.84 Å². The maximum Gasteiger partial charge on any atom is 0.177 e. The van der Waals surface area contributed by atoms with E-state index in [1.54, 1.807) is 6.20 Å². The second-order valence-electron chi connectivity index (χ2n) is 2.04. The molecule has 0 aromatic carbocycles. The van der Waals surface area contributed by atoms with E-state index in [0.717, 1.165) is 9.83 Å². The summed E-state index contributed by atoms with van der Waals surface area (Å²) in [6.45, 7) is 0. The molecule has 1 aromatic rings. The number of rotatable bonds is 1. The van der Waals surface area contributed by atoms with Gasteiger partial charge >= 0.3 is 0 Å². The van der Waals surface area contributed by atoms with E-state index in [1.807, 2.05) is 22.6 Å². The minimum Gasteiger partial charge on any atom is -0.252 e. The Morgan fingerprint density at radius 2 is 2.27 bits per heavy atom. The molecule has 5 heteroatoms. The fourth-order valence-electron chi connectivity index (χ4n) is 0.542. The second-order valence-corrected chi connectivity index (χ2v) is 5.27. The highest BCUT2D eigenvalue weighted by Gasteiger charge is 2.07. The Bertz CT molecular complexity index is 361. The van der Waals surface area contributed by atoms with Crippen molar-refractivity contribution < 1.29 is 8.42 Å². The van der Waals surface area contributed by atoms with Gasteiger partial charge in [0, 0.05) is 16.0 Å². The predicted octanol–water partition coefficient (Wildman–Crippen LogP) is 0.890. The maximum atomic E-state index is 10.9. The number of hydrogen-bond acceptors (Lipinski definition) is 3. The Kier molecular flexibility index (Phi) is 2.48. The Balaban J connectivity index is 3.28. The number of hydrogen-bond donors (Lipinski definition) is 0. The lowest BCUT2D eigenvalue weighted by molar-refractivity contribution is 0.601. The molecule has 0 unspecified atom stereocenters. The summed E-state index contributed by atoms with van der Waals surface area (Å²) in [6.07, 6.45) is 5.09. The molecule has 1 radical (unpaired) electrons. The summed E-state index contributed by atoms with van der Waals surface area (Å²) in [5, 5.41) is 0. The van der Waals surface area contributed by atoms with Crippen molar-refractivity contribution in [1.82, 2.24) is 4.98 Å². The quantitative estimate of drug-likeness (QED) is 0.719. The Morgan fingerprint density at radius 1 is 1.64 bits per heavy atom. The molecule has 0 spiro atoms.